The molecule has 1 aliphatic heterocycles. The number of carbonyl (C=O) groups is 2. The van der Waals surface area contributed by atoms with E-state index in [0.29, 0.717) is 11.8 Å². The summed E-state index contributed by atoms with van der Waals surface area (Å²) in [5.41, 5.74) is 0. The van der Waals surface area contributed by atoms with Crippen LogP contribution in [0, 0.1) is 11.6 Å². The van der Waals surface area contributed by atoms with Gasteiger partial charge in [-0.2, -0.15) is 4.31 Å². The maximum Gasteiger partial charge on any atom is 0.315 e. The maximum atomic E-state index is 13.8. The molecule has 1 saturated heterocycles. The second-order valence-electron chi connectivity index (χ2n) is 5.74. The molecule has 150 valence electrons. The number of thioether (sulfide) groups is 1. The van der Waals surface area contributed by atoms with Gasteiger partial charge in [0.25, 0.3) is 0 Å². The molecule has 0 saturated carbocycles. The number of sulfonamides is 1. The Morgan fingerprint density at radius 2 is 1.85 bits per heavy atom. The first-order valence-electron chi connectivity index (χ1n) is 8.13. The minimum absolute atomic E-state index is 0.000665. The van der Waals surface area contributed by atoms with E-state index in [9.17, 15) is 26.8 Å². The predicted molar refractivity (Wildman–Crippen MR) is 95.7 cm³/mol. The monoisotopic (exact) mass is 422 g/mol. The highest BCUT2D eigenvalue weighted by Crippen LogP contribution is 2.22. The van der Waals surface area contributed by atoms with Crippen LogP contribution in [-0.2, 0) is 24.3 Å². The van der Waals surface area contributed by atoms with Gasteiger partial charge >= 0.3 is 5.97 Å². The van der Waals surface area contributed by atoms with E-state index < -0.39 is 26.6 Å². The zero-order chi connectivity index (χ0) is 20.0. The molecule has 0 atom stereocenters. The number of halogens is 2. The molecule has 0 aliphatic carbocycles. The summed E-state index contributed by atoms with van der Waals surface area (Å²) in [6.07, 6.45) is 0.215. The Balaban J connectivity index is 1.88. The molecule has 1 heterocycles. The molecule has 0 spiro atoms. The van der Waals surface area contributed by atoms with Crippen LogP contribution in [0.4, 0.5) is 8.78 Å². The average Bonchev–Trinajstić information content (AvgIpc) is 2.66. The number of hydrogen-bond donors (Lipinski definition) is 0. The first-order chi connectivity index (χ1) is 12.8. The first-order valence-corrected chi connectivity index (χ1v) is 10.7. The lowest BCUT2D eigenvalue weighted by Gasteiger charge is -2.34. The molecular formula is C16H20F2N2O5S2. The van der Waals surface area contributed by atoms with E-state index in [1.807, 2.05) is 0 Å². The standard InChI is InChI=1S/C16H20F2N2O5S2/c1-25-16(22)11-26-9-4-15(21)19-5-7-20(8-6-19)27(23,24)14-10-12(17)2-3-13(14)18/h2-3,10H,4-9,11H2,1H3. The average molecular weight is 422 g/mol. The summed E-state index contributed by atoms with van der Waals surface area (Å²) in [5.74, 6) is -1.77. The number of ether oxygens (including phenoxy) is 1. The van der Waals surface area contributed by atoms with Crippen LogP contribution in [0.3, 0.4) is 0 Å². The minimum atomic E-state index is -4.17. The van der Waals surface area contributed by atoms with Crippen LogP contribution in [0.25, 0.3) is 0 Å². The van der Waals surface area contributed by atoms with Gasteiger partial charge in [0, 0.05) is 38.4 Å². The summed E-state index contributed by atoms with van der Waals surface area (Å²) in [4.78, 5) is 24.0. The van der Waals surface area contributed by atoms with Gasteiger partial charge in [-0.05, 0) is 18.2 Å². The highest BCUT2D eigenvalue weighted by Gasteiger charge is 2.32. The molecule has 1 aliphatic rings. The predicted octanol–water partition coefficient (Wildman–Crippen LogP) is 1.09. The second-order valence-corrected chi connectivity index (χ2v) is 8.75. The normalized spacial score (nSPS) is 15.6. The SMILES string of the molecule is COC(=O)CSCCC(=O)N1CCN(S(=O)(=O)c2cc(F)ccc2F)CC1. The van der Waals surface area contributed by atoms with Gasteiger partial charge in [0.05, 0.1) is 12.9 Å². The van der Waals surface area contributed by atoms with Gasteiger partial charge in [0.1, 0.15) is 16.5 Å². The van der Waals surface area contributed by atoms with E-state index in [4.69, 9.17) is 0 Å². The van der Waals surface area contributed by atoms with E-state index in [-0.39, 0.29) is 50.2 Å². The van der Waals surface area contributed by atoms with Gasteiger partial charge in [0.15, 0.2) is 0 Å². The molecule has 1 amide bonds. The van der Waals surface area contributed by atoms with E-state index in [1.54, 1.807) is 0 Å². The van der Waals surface area contributed by atoms with Crippen LogP contribution in [-0.4, -0.2) is 74.3 Å². The van der Waals surface area contributed by atoms with Crippen molar-refractivity contribution < 1.29 is 31.5 Å². The molecule has 0 bridgehead atoms. The van der Waals surface area contributed by atoms with Crippen molar-refractivity contribution in [3.05, 3.63) is 29.8 Å². The summed E-state index contributed by atoms with van der Waals surface area (Å²) in [5, 5.41) is 0. The van der Waals surface area contributed by atoms with Crippen LogP contribution in [0.2, 0.25) is 0 Å². The molecule has 0 N–H and O–H groups in total. The van der Waals surface area contributed by atoms with E-state index in [1.165, 1.54) is 23.8 Å². The van der Waals surface area contributed by atoms with Crippen LogP contribution >= 0.6 is 11.8 Å². The van der Waals surface area contributed by atoms with Crippen molar-refractivity contribution in [1.82, 2.24) is 9.21 Å². The molecule has 1 fully saturated rings. The molecule has 7 nitrogen and oxygen atoms in total. The summed E-state index contributed by atoms with van der Waals surface area (Å²) >= 11 is 1.28. The Morgan fingerprint density at radius 3 is 2.48 bits per heavy atom. The molecule has 1 aromatic carbocycles. The number of esters is 1. The van der Waals surface area contributed by atoms with Gasteiger partial charge in [-0.25, -0.2) is 17.2 Å². The summed E-state index contributed by atoms with van der Waals surface area (Å²) in [7, 11) is -2.88. The third kappa shape index (κ3) is 5.63. The molecule has 0 aromatic heterocycles. The van der Waals surface area contributed by atoms with E-state index in [0.717, 1.165) is 16.4 Å². The molecule has 0 radical (unpaired) electrons. The molecule has 27 heavy (non-hydrogen) atoms. The zero-order valence-electron chi connectivity index (χ0n) is 14.7. The Hall–Kier alpha value is -1.72. The number of hydrogen-bond acceptors (Lipinski definition) is 6. The third-order valence-corrected chi connectivity index (χ3v) is 6.86. The van der Waals surface area contributed by atoms with Crippen molar-refractivity contribution in [3.63, 3.8) is 0 Å². The fraction of sp³-hybridized carbons (Fsp3) is 0.500. The second kappa shape index (κ2) is 9.47. The van der Waals surface area contributed by atoms with E-state index >= 15 is 0 Å². The Bertz CT molecular complexity index is 796. The van der Waals surface area contributed by atoms with Crippen molar-refractivity contribution in [1.29, 1.82) is 0 Å². The molecular weight excluding hydrogens is 402 g/mol. The minimum Gasteiger partial charge on any atom is -0.468 e. The summed E-state index contributed by atoms with van der Waals surface area (Å²) in [6, 6.07) is 2.28. The fourth-order valence-electron chi connectivity index (χ4n) is 2.52. The van der Waals surface area contributed by atoms with Crippen molar-refractivity contribution in [2.45, 2.75) is 11.3 Å². The molecule has 1 aromatic rings. The fourth-order valence-corrected chi connectivity index (χ4v) is 4.77. The lowest BCUT2D eigenvalue weighted by Crippen LogP contribution is -2.50. The largest absolute Gasteiger partial charge is 0.468 e. The third-order valence-electron chi connectivity index (χ3n) is 4.01. The van der Waals surface area contributed by atoms with Crippen LogP contribution < -0.4 is 0 Å². The highest BCUT2D eigenvalue weighted by atomic mass is 32.2. The van der Waals surface area contributed by atoms with Crippen molar-refractivity contribution in [2.24, 2.45) is 0 Å². The van der Waals surface area contributed by atoms with Gasteiger partial charge in [0.2, 0.25) is 15.9 Å². The highest BCUT2D eigenvalue weighted by molar-refractivity contribution is 7.99. The Morgan fingerprint density at radius 1 is 1.19 bits per heavy atom. The smallest absolute Gasteiger partial charge is 0.315 e. The zero-order valence-corrected chi connectivity index (χ0v) is 16.3. The van der Waals surface area contributed by atoms with Crippen molar-refractivity contribution in [2.75, 3.05) is 44.8 Å². The Labute approximate surface area is 160 Å². The number of rotatable bonds is 7. The van der Waals surface area contributed by atoms with Crippen molar-refractivity contribution >= 4 is 33.7 Å². The number of carbonyl (C=O) groups excluding carboxylic acids is 2. The lowest BCUT2D eigenvalue weighted by molar-refractivity contribution is -0.137. The molecule has 11 heteroatoms. The number of benzene rings is 1. The van der Waals surface area contributed by atoms with Crippen LogP contribution in [0.15, 0.2) is 23.1 Å². The Kier molecular flexibility index (Phi) is 7.57. The van der Waals surface area contributed by atoms with Crippen LogP contribution in [0.5, 0.6) is 0 Å². The number of amides is 1. The summed E-state index contributed by atoms with van der Waals surface area (Å²) < 4.78 is 57.7. The van der Waals surface area contributed by atoms with E-state index in [2.05, 4.69) is 4.74 Å². The van der Waals surface area contributed by atoms with Gasteiger partial charge in [-0.1, -0.05) is 0 Å². The molecule has 0 unspecified atom stereocenters. The number of piperazine rings is 1. The maximum absolute atomic E-state index is 13.8. The van der Waals surface area contributed by atoms with Crippen LogP contribution in [0.1, 0.15) is 6.42 Å². The number of nitrogens with zero attached hydrogens (tertiary/aromatic N) is 2. The van der Waals surface area contributed by atoms with Crippen molar-refractivity contribution in [3.8, 4) is 0 Å². The van der Waals surface area contributed by atoms with Gasteiger partial charge in [-0.3, -0.25) is 9.59 Å². The topological polar surface area (TPSA) is 84.0 Å². The quantitative estimate of drug-likeness (QED) is 0.483. The first kappa shape index (κ1) is 21.6. The summed E-state index contributed by atoms with van der Waals surface area (Å²) in [6.45, 7) is 0.325. The lowest BCUT2D eigenvalue weighted by atomic mass is 10.3. The number of methoxy groups -OCH3 is 1. The van der Waals surface area contributed by atoms with Gasteiger partial charge in [-0.15, -0.1) is 11.8 Å². The molecule has 2 rings (SSSR count). The van der Waals surface area contributed by atoms with Gasteiger partial charge < -0.3 is 9.64 Å².